The molecule has 20 heavy (non-hydrogen) atoms. The maximum absolute atomic E-state index is 3.62. The number of benzene rings is 1. The van der Waals surface area contributed by atoms with Crippen molar-refractivity contribution < 1.29 is 0 Å². The zero-order valence-electron chi connectivity index (χ0n) is 13.4. The Bertz CT molecular complexity index is 381. The standard InChI is InChI=1S/C18H30N2/c1-4-13-19-18(5-2)16-9-11-17(12-10-16)20(3)14-15-7-6-8-15/h9-12,15,18-19H,4-8,13-14H2,1-3H3. The molecular formula is C18H30N2. The van der Waals surface area contributed by atoms with Gasteiger partial charge in [0, 0.05) is 25.3 Å². The van der Waals surface area contributed by atoms with Gasteiger partial charge in [0.05, 0.1) is 0 Å². The Morgan fingerprint density at radius 3 is 2.40 bits per heavy atom. The first-order valence-electron chi connectivity index (χ1n) is 8.29. The molecule has 0 spiro atoms. The van der Waals surface area contributed by atoms with E-state index in [-0.39, 0.29) is 0 Å². The summed E-state index contributed by atoms with van der Waals surface area (Å²) in [5, 5.41) is 3.62. The van der Waals surface area contributed by atoms with Crippen LogP contribution in [0.2, 0.25) is 0 Å². The third-order valence-electron chi connectivity index (χ3n) is 4.54. The predicted molar refractivity (Wildman–Crippen MR) is 88.4 cm³/mol. The monoisotopic (exact) mass is 274 g/mol. The van der Waals surface area contributed by atoms with E-state index in [1.807, 2.05) is 0 Å². The van der Waals surface area contributed by atoms with Crippen molar-refractivity contribution in [2.45, 2.75) is 52.0 Å². The van der Waals surface area contributed by atoms with Crippen LogP contribution in [0.5, 0.6) is 0 Å². The Morgan fingerprint density at radius 1 is 1.20 bits per heavy atom. The van der Waals surface area contributed by atoms with Gasteiger partial charge in [-0.3, -0.25) is 0 Å². The average Bonchev–Trinajstić information content (AvgIpc) is 2.44. The summed E-state index contributed by atoms with van der Waals surface area (Å²) in [6.07, 6.45) is 6.61. The van der Waals surface area contributed by atoms with Crippen molar-refractivity contribution in [1.29, 1.82) is 0 Å². The molecule has 2 rings (SSSR count). The Labute approximate surface area is 124 Å². The van der Waals surface area contributed by atoms with Gasteiger partial charge in [0.15, 0.2) is 0 Å². The second-order valence-corrected chi connectivity index (χ2v) is 6.18. The van der Waals surface area contributed by atoms with Crippen LogP contribution in [0.3, 0.4) is 0 Å². The highest BCUT2D eigenvalue weighted by Crippen LogP contribution is 2.28. The zero-order valence-corrected chi connectivity index (χ0v) is 13.4. The minimum atomic E-state index is 0.501. The van der Waals surface area contributed by atoms with E-state index >= 15 is 0 Å². The van der Waals surface area contributed by atoms with Gasteiger partial charge in [-0.25, -0.2) is 0 Å². The number of rotatable bonds is 8. The van der Waals surface area contributed by atoms with Crippen LogP contribution in [0.25, 0.3) is 0 Å². The summed E-state index contributed by atoms with van der Waals surface area (Å²) in [5.74, 6) is 0.925. The van der Waals surface area contributed by atoms with Crippen LogP contribution in [0, 0.1) is 5.92 Å². The number of hydrogen-bond acceptors (Lipinski definition) is 2. The van der Waals surface area contributed by atoms with Gasteiger partial charge >= 0.3 is 0 Å². The molecule has 1 unspecified atom stereocenters. The molecule has 1 aromatic rings. The van der Waals surface area contributed by atoms with E-state index < -0.39 is 0 Å². The van der Waals surface area contributed by atoms with Gasteiger partial charge < -0.3 is 10.2 Å². The zero-order chi connectivity index (χ0) is 14.4. The first-order chi connectivity index (χ1) is 9.74. The van der Waals surface area contributed by atoms with Gasteiger partial charge in [-0.1, -0.05) is 32.4 Å². The molecule has 0 heterocycles. The number of nitrogens with zero attached hydrogens (tertiary/aromatic N) is 1. The molecule has 0 aliphatic heterocycles. The molecule has 0 aromatic heterocycles. The van der Waals surface area contributed by atoms with Crippen molar-refractivity contribution in [3.05, 3.63) is 29.8 Å². The molecule has 0 amide bonds. The topological polar surface area (TPSA) is 15.3 Å². The second kappa shape index (κ2) is 7.68. The normalized spacial score (nSPS) is 16.8. The molecule has 1 saturated carbocycles. The summed E-state index contributed by atoms with van der Waals surface area (Å²) in [5.41, 5.74) is 2.77. The molecule has 2 nitrogen and oxygen atoms in total. The second-order valence-electron chi connectivity index (χ2n) is 6.18. The molecule has 0 radical (unpaired) electrons. The van der Waals surface area contributed by atoms with E-state index in [0.717, 1.165) is 18.9 Å². The molecule has 2 heteroatoms. The molecule has 1 atom stereocenters. The highest BCUT2D eigenvalue weighted by Gasteiger charge is 2.19. The smallest absolute Gasteiger partial charge is 0.0363 e. The van der Waals surface area contributed by atoms with Crippen molar-refractivity contribution in [2.24, 2.45) is 5.92 Å². The summed E-state index contributed by atoms with van der Waals surface area (Å²) >= 11 is 0. The largest absolute Gasteiger partial charge is 0.374 e. The molecular weight excluding hydrogens is 244 g/mol. The molecule has 1 aliphatic rings. The lowest BCUT2D eigenvalue weighted by molar-refractivity contribution is 0.321. The van der Waals surface area contributed by atoms with Gasteiger partial charge in [-0.05, 0) is 55.8 Å². The van der Waals surface area contributed by atoms with Crippen molar-refractivity contribution in [3.8, 4) is 0 Å². The third kappa shape index (κ3) is 3.99. The lowest BCUT2D eigenvalue weighted by Gasteiger charge is -2.31. The third-order valence-corrected chi connectivity index (χ3v) is 4.54. The highest BCUT2D eigenvalue weighted by atomic mass is 15.1. The van der Waals surface area contributed by atoms with Crippen LogP contribution >= 0.6 is 0 Å². The van der Waals surface area contributed by atoms with E-state index in [1.54, 1.807) is 0 Å². The van der Waals surface area contributed by atoms with E-state index in [1.165, 1.54) is 43.5 Å². The van der Waals surface area contributed by atoms with Crippen molar-refractivity contribution in [2.75, 3.05) is 25.0 Å². The molecule has 0 bridgehead atoms. The quantitative estimate of drug-likeness (QED) is 0.757. The summed E-state index contributed by atoms with van der Waals surface area (Å²) in [7, 11) is 2.22. The van der Waals surface area contributed by atoms with Crippen LogP contribution in [0.4, 0.5) is 5.69 Å². The van der Waals surface area contributed by atoms with Crippen molar-refractivity contribution in [3.63, 3.8) is 0 Å². The van der Waals surface area contributed by atoms with Crippen molar-refractivity contribution in [1.82, 2.24) is 5.32 Å². The van der Waals surface area contributed by atoms with Crippen LogP contribution < -0.4 is 10.2 Å². The predicted octanol–water partition coefficient (Wildman–Crippen LogP) is 4.37. The minimum Gasteiger partial charge on any atom is -0.374 e. The van der Waals surface area contributed by atoms with Gasteiger partial charge in [0.1, 0.15) is 0 Å². The fourth-order valence-corrected chi connectivity index (χ4v) is 2.95. The number of nitrogens with one attached hydrogen (secondary N) is 1. The van der Waals surface area contributed by atoms with E-state index in [2.05, 4.69) is 55.4 Å². The summed E-state index contributed by atoms with van der Waals surface area (Å²) < 4.78 is 0. The first-order valence-corrected chi connectivity index (χ1v) is 8.29. The minimum absolute atomic E-state index is 0.501. The Kier molecular flexibility index (Phi) is 5.90. The van der Waals surface area contributed by atoms with Gasteiger partial charge in [0.2, 0.25) is 0 Å². The summed E-state index contributed by atoms with van der Waals surface area (Å²) in [6.45, 7) is 6.79. The van der Waals surface area contributed by atoms with E-state index in [9.17, 15) is 0 Å². The van der Waals surface area contributed by atoms with Crippen LogP contribution in [0.1, 0.15) is 57.6 Å². The lowest BCUT2D eigenvalue weighted by Crippen LogP contribution is -2.29. The Morgan fingerprint density at radius 2 is 1.90 bits per heavy atom. The summed E-state index contributed by atoms with van der Waals surface area (Å²) in [6, 6.07) is 9.66. The maximum Gasteiger partial charge on any atom is 0.0363 e. The molecule has 1 aromatic carbocycles. The summed E-state index contributed by atoms with van der Waals surface area (Å²) in [4.78, 5) is 2.41. The average molecular weight is 274 g/mol. The molecule has 1 aliphatic carbocycles. The highest BCUT2D eigenvalue weighted by molar-refractivity contribution is 5.47. The van der Waals surface area contributed by atoms with Gasteiger partial charge in [0.25, 0.3) is 0 Å². The van der Waals surface area contributed by atoms with Crippen LogP contribution in [0.15, 0.2) is 24.3 Å². The van der Waals surface area contributed by atoms with Crippen molar-refractivity contribution >= 4 is 5.69 Å². The molecule has 1 fully saturated rings. The number of hydrogen-bond donors (Lipinski definition) is 1. The number of anilines is 1. The maximum atomic E-state index is 3.62. The molecule has 1 N–H and O–H groups in total. The van der Waals surface area contributed by atoms with Crippen LogP contribution in [-0.4, -0.2) is 20.1 Å². The fourth-order valence-electron chi connectivity index (χ4n) is 2.95. The Balaban J connectivity index is 1.93. The van der Waals surface area contributed by atoms with E-state index in [0.29, 0.717) is 6.04 Å². The van der Waals surface area contributed by atoms with E-state index in [4.69, 9.17) is 0 Å². The SMILES string of the molecule is CCCNC(CC)c1ccc(N(C)CC2CCC2)cc1. The van der Waals surface area contributed by atoms with Gasteiger partial charge in [-0.15, -0.1) is 0 Å². The molecule has 0 saturated heterocycles. The first kappa shape index (κ1) is 15.4. The van der Waals surface area contributed by atoms with Crippen LogP contribution in [-0.2, 0) is 0 Å². The van der Waals surface area contributed by atoms with Gasteiger partial charge in [-0.2, -0.15) is 0 Å². The lowest BCUT2D eigenvalue weighted by atomic mass is 9.85. The molecule has 112 valence electrons. The Hall–Kier alpha value is -1.02. The fraction of sp³-hybridized carbons (Fsp3) is 0.667.